The predicted molar refractivity (Wildman–Crippen MR) is 74.7 cm³/mol. The van der Waals surface area contributed by atoms with Crippen LogP contribution < -0.4 is 5.32 Å². The first kappa shape index (κ1) is 15.9. The molecule has 0 aromatic heterocycles. The maximum atomic E-state index is 12.5. The van der Waals surface area contributed by atoms with Gasteiger partial charge in [-0.3, -0.25) is 0 Å². The highest BCUT2D eigenvalue weighted by molar-refractivity contribution is 7.86. The van der Waals surface area contributed by atoms with Crippen LogP contribution in [0.5, 0.6) is 0 Å². The Bertz CT molecular complexity index is 335. The topological polar surface area (TPSA) is 52.7 Å². The van der Waals surface area contributed by atoms with Crippen LogP contribution in [0.15, 0.2) is 0 Å². The van der Waals surface area contributed by atoms with E-state index >= 15 is 0 Å². The summed E-state index contributed by atoms with van der Waals surface area (Å²) < 4.78 is 28.2. The van der Waals surface area contributed by atoms with Gasteiger partial charge in [-0.05, 0) is 46.7 Å². The average Bonchev–Trinajstić information content (AvgIpc) is 2.28. The van der Waals surface area contributed by atoms with E-state index in [2.05, 4.69) is 5.32 Å². The zero-order valence-corrected chi connectivity index (χ0v) is 12.8. The normalized spacial score (nSPS) is 26.7. The smallest absolute Gasteiger partial charge is 0.282 e. The van der Waals surface area contributed by atoms with Gasteiger partial charge in [0.25, 0.3) is 10.2 Å². The van der Waals surface area contributed by atoms with E-state index in [1.807, 2.05) is 20.9 Å². The molecule has 5 nitrogen and oxygen atoms in total. The zero-order valence-electron chi connectivity index (χ0n) is 12.0. The van der Waals surface area contributed by atoms with Gasteiger partial charge >= 0.3 is 0 Å². The molecule has 1 aliphatic heterocycles. The lowest BCUT2D eigenvalue weighted by Crippen LogP contribution is -2.52. The van der Waals surface area contributed by atoms with E-state index < -0.39 is 10.2 Å². The number of hydrogen-bond acceptors (Lipinski definition) is 3. The second kappa shape index (κ2) is 6.84. The molecule has 2 unspecified atom stereocenters. The van der Waals surface area contributed by atoms with Gasteiger partial charge in [0, 0.05) is 25.7 Å². The maximum absolute atomic E-state index is 12.5. The standard InChI is InChI=1S/C12H27N3O2S/c1-11-7-5-8-12(2)15(11)18(16,17)14(4)10-6-9-13-3/h11-13H,5-10H2,1-4H3. The molecular formula is C12H27N3O2S. The molecule has 2 atom stereocenters. The SMILES string of the molecule is CNCCCN(C)S(=O)(=O)N1C(C)CCCC1C. The molecule has 1 heterocycles. The highest BCUT2D eigenvalue weighted by Gasteiger charge is 2.36. The Hall–Kier alpha value is -0.170. The van der Waals surface area contributed by atoms with Crippen molar-refractivity contribution in [3.05, 3.63) is 0 Å². The Labute approximate surface area is 112 Å². The number of hydrogen-bond donors (Lipinski definition) is 1. The second-order valence-electron chi connectivity index (χ2n) is 5.25. The Morgan fingerprint density at radius 3 is 2.33 bits per heavy atom. The van der Waals surface area contributed by atoms with Crippen LogP contribution in [-0.2, 0) is 10.2 Å². The van der Waals surface area contributed by atoms with Crippen molar-refractivity contribution >= 4 is 10.2 Å². The third-order valence-corrected chi connectivity index (χ3v) is 5.90. The lowest BCUT2D eigenvalue weighted by molar-refractivity contribution is 0.191. The Balaban J connectivity index is 2.71. The molecule has 0 aromatic rings. The van der Waals surface area contributed by atoms with Crippen LogP contribution in [-0.4, -0.2) is 56.3 Å². The summed E-state index contributed by atoms with van der Waals surface area (Å²) in [5.41, 5.74) is 0. The first-order chi connectivity index (χ1) is 8.41. The van der Waals surface area contributed by atoms with Crippen molar-refractivity contribution in [3.63, 3.8) is 0 Å². The van der Waals surface area contributed by atoms with Gasteiger partial charge in [0.1, 0.15) is 0 Å². The van der Waals surface area contributed by atoms with Crippen LogP contribution in [0.1, 0.15) is 39.5 Å². The molecule has 1 rings (SSSR count). The van der Waals surface area contributed by atoms with Crippen molar-refractivity contribution in [2.24, 2.45) is 0 Å². The van der Waals surface area contributed by atoms with Crippen LogP contribution in [0.4, 0.5) is 0 Å². The van der Waals surface area contributed by atoms with Gasteiger partial charge in [-0.15, -0.1) is 0 Å². The molecule has 0 bridgehead atoms. The summed E-state index contributed by atoms with van der Waals surface area (Å²) in [5.74, 6) is 0. The van der Waals surface area contributed by atoms with E-state index in [0.717, 1.165) is 32.2 Å². The molecular weight excluding hydrogens is 250 g/mol. The van der Waals surface area contributed by atoms with E-state index in [4.69, 9.17) is 0 Å². The molecule has 0 radical (unpaired) electrons. The quantitative estimate of drug-likeness (QED) is 0.738. The highest BCUT2D eigenvalue weighted by atomic mass is 32.2. The third-order valence-electron chi connectivity index (χ3n) is 3.67. The lowest BCUT2D eigenvalue weighted by atomic mass is 10.0. The zero-order chi connectivity index (χ0) is 13.8. The van der Waals surface area contributed by atoms with Gasteiger partial charge in [-0.1, -0.05) is 6.42 Å². The summed E-state index contributed by atoms with van der Waals surface area (Å²) in [6, 6.07) is 0.232. The van der Waals surface area contributed by atoms with E-state index in [1.165, 1.54) is 4.31 Å². The Morgan fingerprint density at radius 2 is 1.83 bits per heavy atom. The monoisotopic (exact) mass is 277 g/mol. The molecule has 0 amide bonds. The summed E-state index contributed by atoms with van der Waals surface area (Å²) in [5, 5.41) is 3.04. The first-order valence-electron chi connectivity index (χ1n) is 6.80. The number of nitrogens with zero attached hydrogens (tertiary/aromatic N) is 2. The summed E-state index contributed by atoms with van der Waals surface area (Å²) in [7, 11) is 0.256. The van der Waals surface area contributed by atoms with Crippen molar-refractivity contribution < 1.29 is 8.42 Å². The van der Waals surface area contributed by atoms with Crippen LogP contribution in [0, 0.1) is 0 Å². The van der Waals surface area contributed by atoms with Gasteiger partial charge in [-0.25, -0.2) is 0 Å². The van der Waals surface area contributed by atoms with E-state index in [0.29, 0.717) is 6.54 Å². The van der Waals surface area contributed by atoms with Crippen molar-refractivity contribution in [1.82, 2.24) is 13.9 Å². The minimum Gasteiger partial charge on any atom is -0.320 e. The number of rotatable bonds is 6. The van der Waals surface area contributed by atoms with Crippen LogP contribution in [0.2, 0.25) is 0 Å². The molecule has 0 saturated carbocycles. The molecule has 1 N–H and O–H groups in total. The summed E-state index contributed by atoms with van der Waals surface area (Å²) >= 11 is 0. The van der Waals surface area contributed by atoms with Crippen LogP contribution >= 0.6 is 0 Å². The molecule has 0 aliphatic carbocycles. The fourth-order valence-electron chi connectivity index (χ4n) is 2.61. The van der Waals surface area contributed by atoms with Gasteiger partial charge in [0.2, 0.25) is 0 Å². The van der Waals surface area contributed by atoms with E-state index in [-0.39, 0.29) is 12.1 Å². The maximum Gasteiger partial charge on any atom is 0.282 e. The molecule has 0 aromatic carbocycles. The van der Waals surface area contributed by atoms with Crippen molar-refractivity contribution in [2.45, 2.75) is 51.6 Å². The minimum absolute atomic E-state index is 0.116. The average molecular weight is 277 g/mol. The minimum atomic E-state index is -3.30. The molecule has 1 fully saturated rings. The molecule has 1 aliphatic rings. The fourth-order valence-corrected chi connectivity index (χ4v) is 4.41. The molecule has 18 heavy (non-hydrogen) atoms. The molecule has 0 spiro atoms. The fraction of sp³-hybridized carbons (Fsp3) is 1.00. The van der Waals surface area contributed by atoms with E-state index in [1.54, 1.807) is 11.4 Å². The number of nitrogens with one attached hydrogen (secondary N) is 1. The van der Waals surface area contributed by atoms with Gasteiger partial charge in [0.15, 0.2) is 0 Å². The van der Waals surface area contributed by atoms with Gasteiger partial charge in [0.05, 0.1) is 0 Å². The Morgan fingerprint density at radius 1 is 1.28 bits per heavy atom. The number of piperidine rings is 1. The summed E-state index contributed by atoms with van der Waals surface area (Å²) in [6.07, 6.45) is 3.89. The third kappa shape index (κ3) is 3.66. The highest BCUT2D eigenvalue weighted by Crippen LogP contribution is 2.26. The van der Waals surface area contributed by atoms with Crippen molar-refractivity contribution in [2.75, 3.05) is 27.2 Å². The largest absolute Gasteiger partial charge is 0.320 e. The van der Waals surface area contributed by atoms with Crippen LogP contribution in [0.3, 0.4) is 0 Å². The second-order valence-corrected chi connectivity index (χ2v) is 7.19. The molecule has 1 saturated heterocycles. The summed E-state index contributed by atoms with van der Waals surface area (Å²) in [4.78, 5) is 0. The van der Waals surface area contributed by atoms with Gasteiger partial charge in [-0.2, -0.15) is 17.0 Å². The van der Waals surface area contributed by atoms with Crippen molar-refractivity contribution in [1.29, 1.82) is 0 Å². The molecule has 108 valence electrons. The lowest BCUT2D eigenvalue weighted by Gasteiger charge is -2.39. The Kier molecular flexibility index (Phi) is 6.04. The predicted octanol–water partition coefficient (Wildman–Crippen LogP) is 1.04. The van der Waals surface area contributed by atoms with Crippen molar-refractivity contribution in [3.8, 4) is 0 Å². The van der Waals surface area contributed by atoms with Crippen LogP contribution in [0.25, 0.3) is 0 Å². The molecule has 6 heteroatoms. The van der Waals surface area contributed by atoms with Gasteiger partial charge < -0.3 is 5.32 Å². The first-order valence-corrected chi connectivity index (χ1v) is 8.20. The van der Waals surface area contributed by atoms with E-state index in [9.17, 15) is 8.42 Å². The summed E-state index contributed by atoms with van der Waals surface area (Å²) in [6.45, 7) is 5.42.